The van der Waals surface area contributed by atoms with Crippen molar-refractivity contribution >= 4 is 11.4 Å². The van der Waals surface area contributed by atoms with E-state index in [9.17, 15) is 0 Å². The molecular weight excluding hydrogens is 200 g/mol. The van der Waals surface area contributed by atoms with E-state index < -0.39 is 0 Å². The maximum Gasteiger partial charge on any atom is 0.0748 e. The van der Waals surface area contributed by atoms with Gasteiger partial charge in [-0.05, 0) is 25.5 Å². The number of hydrogen-bond donors (Lipinski definition) is 1. The summed E-state index contributed by atoms with van der Waals surface area (Å²) in [4.78, 5) is 2.13. The van der Waals surface area contributed by atoms with Gasteiger partial charge in [-0.2, -0.15) is 0 Å². The second kappa shape index (κ2) is 4.74. The first-order valence-corrected chi connectivity index (χ1v) is 5.83. The third kappa shape index (κ3) is 2.30. The number of anilines is 2. The van der Waals surface area contributed by atoms with E-state index in [-0.39, 0.29) is 0 Å². The van der Waals surface area contributed by atoms with Crippen molar-refractivity contribution in [2.45, 2.75) is 25.5 Å². The first-order valence-electron chi connectivity index (χ1n) is 5.83. The van der Waals surface area contributed by atoms with E-state index in [1.807, 2.05) is 0 Å². The molecule has 88 valence electrons. The Morgan fingerprint density at radius 3 is 2.69 bits per heavy atom. The van der Waals surface area contributed by atoms with Crippen LogP contribution in [-0.2, 0) is 4.74 Å². The smallest absolute Gasteiger partial charge is 0.0748 e. The zero-order chi connectivity index (χ0) is 11.5. The zero-order valence-electron chi connectivity index (χ0n) is 10.2. The topological polar surface area (TPSA) is 24.5 Å². The first-order chi connectivity index (χ1) is 7.68. The average molecular weight is 220 g/mol. The van der Waals surface area contributed by atoms with Gasteiger partial charge in [-0.15, -0.1) is 0 Å². The third-order valence-corrected chi connectivity index (χ3v) is 3.10. The lowest BCUT2D eigenvalue weighted by Gasteiger charge is -2.23. The molecule has 1 heterocycles. The summed E-state index contributed by atoms with van der Waals surface area (Å²) in [6, 6.07) is 8.81. The molecule has 1 fully saturated rings. The van der Waals surface area contributed by atoms with Gasteiger partial charge in [0.25, 0.3) is 0 Å². The molecule has 1 aromatic rings. The molecule has 0 spiro atoms. The molecule has 2 unspecified atom stereocenters. The van der Waals surface area contributed by atoms with E-state index in [1.54, 1.807) is 0 Å². The lowest BCUT2D eigenvalue weighted by atomic mass is 10.1. The standard InChI is InChI=1S/C13H20N2O/c1-10-11(8-9-16-10)14-12-6-4-5-7-13(12)15(2)3/h4-7,10-11,14H,8-9H2,1-3H3. The van der Waals surface area contributed by atoms with Gasteiger partial charge in [-0.3, -0.25) is 0 Å². The van der Waals surface area contributed by atoms with Gasteiger partial charge in [0, 0.05) is 20.7 Å². The van der Waals surface area contributed by atoms with Crippen molar-refractivity contribution in [2.75, 3.05) is 30.9 Å². The van der Waals surface area contributed by atoms with Gasteiger partial charge in [0.2, 0.25) is 0 Å². The number of benzene rings is 1. The molecule has 1 aliphatic rings. The molecule has 0 aromatic heterocycles. The van der Waals surface area contributed by atoms with E-state index in [2.05, 4.69) is 55.5 Å². The Labute approximate surface area is 97.4 Å². The maximum atomic E-state index is 5.56. The highest BCUT2D eigenvalue weighted by Crippen LogP contribution is 2.27. The fourth-order valence-electron chi connectivity index (χ4n) is 2.11. The quantitative estimate of drug-likeness (QED) is 0.846. The number of ether oxygens (including phenoxy) is 1. The Morgan fingerprint density at radius 2 is 2.06 bits per heavy atom. The SMILES string of the molecule is CC1OCCC1Nc1ccccc1N(C)C. The van der Waals surface area contributed by atoms with Gasteiger partial charge in [0.15, 0.2) is 0 Å². The molecule has 0 bridgehead atoms. The van der Waals surface area contributed by atoms with Gasteiger partial charge >= 0.3 is 0 Å². The molecule has 0 saturated carbocycles. The molecular formula is C13H20N2O. The fraction of sp³-hybridized carbons (Fsp3) is 0.538. The Hall–Kier alpha value is -1.22. The average Bonchev–Trinajstić information content (AvgIpc) is 2.65. The Kier molecular flexibility index (Phi) is 3.34. The Bertz CT molecular complexity index is 352. The van der Waals surface area contributed by atoms with Crippen LogP contribution in [0.3, 0.4) is 0 Å². The third-order valence-electron chi connectivity index (χ3n) is 3.10. The van der Waals surface area contributed by atoms with E-state index in [1.165, 1.54) is 11.4 Å². The van der Waals surface area contributed by atoms with E-state index in [0.29, 0.717) is 12.1 Å². The summed E-state index contributed by atoms with van der Waals surface area (Å²) in [5, 5.41) is 3.57. The number of nitrogens with one attached hydrogen (secondary N) is 1. The molecule has 3 nitrogen and oxygen atoms in total. The minimum Gasteiger partial charge on any atom is -0.378 e. The van der Waals surface area contributed by atoms with Crippen LogP contribution in [0.15, 0.2) is 24.3 Å². The van der Waals surface area contributed by atoms with Gasteiger partial charge in [0.1, 0.15) is 0 Å². The largest absolute Gasteiger partial charge is 0.378 e. The predicted octanol–water partition coefficient (Wildman–Crippen LogP) is 2.34. The van der Waals surface area contributed by atoms with Crippen molar-refractivity contribution in [3.05, 3.63) is 24.3 Å². The number of para-hydroxylation sites is 2. The summed E-state index contributed by atoms with van der Waals surface area (Å²) in [7, 11) is 4.13. The summed E-state index contributed by atoms with van der Waals surface area (Å²) >= 11 is 0. The highest BCUT2D eigenvalue weighted by atomic mass is 16.5. The molecule has 2 atom stereocenters. The summed E-state index contributed by atoms with van der Waals surface area (Å²) in [6.07, 6.45) is 1.39. The molecule has 1 saturated heterocycles. The van der Waals surface area contributed by atoms with Gasteiger partial charge < -0.3 is 15.0 Å². The van der Waals surface area contributed by atoms with E-state index in [0.717, 1.165) is 13.0 Å². The summed E-state index contributed by atoms with van der Waals surface area (Å²) in [5.74, 6) is 0. The minimum absolute atomic E-state index is 0.301. The number of nitrogens with zero attached hydrogens (tertiary/aromatic N) is 1. The molecule has 0 amide bonds. The highest BCUT2D eigenvalue weighted by molar-refractivity contribution is 5.69. The number of rotatable bonds is 3. The van der Waals surface area contributed by atoms with Gasteiger partial charge in [-0.1, -0.05) is 12.1 Å². The number of hydrogen-bond acceptors (Lipinski definition) is 3. The van der Waals surface area contributed by atoms with Crippen LogP contribution in [0.4, 0.5) is 11.4 Å². The lowest BCUT2D eigenvalue weighted by molar-refractivity contribution is 0.121. The predicted molar refractivity (Wildman–Crippen MR) is 68.2 cm³/mol. The van der Waals surface area contributed by atoms with E-state index in [4.69, 9.17) is 4.74 Å². The molecule has 2 rings (SSSR count). The zero-order valence-corrected chi connectivity index (χ0v) is 10.2. The lowest BCUT2D eigenvalue weighted by Crippen LogP contribution is -2.27. The molecule has 1 aliphatic heterocycles. The summed E-state index contributed by atoms with van der Waals surface area (Å²) < 4.78 is 5.56. The monoisotopic (exact) mass is 220 g/mol. The Morgan fingerprint density at radius 1 is 1.31 bits per heavy atom. The summed E-state index contributed by atoms with van der Waals surface area (Å²) in [5.41, 5.74) is 2.41. The van der Waals surface area contributed by atoms with Crippen LogP contribution in [0, 0.1) is 0 Å². The van der Waals surface area contributed by atoms with Crippen LogP contribution in [0.2, 0.25) is 0 Å². The van der Waals surface area contributed by atoms with E-state index >= 15 is 0 Å². The van der Waals surface area contributed by atoms with Crippen molar-refractivity contribution in [3.63, 3.8) is 0 Å². The molecule has 3 heteroatoms. The van der Waals surface area contributed by atoms with Crippen molar-refractivity contribution in [1.82, 2.24) is 0 Å². The molecule has 1 aromatic carbocycles. The molecule has 16 heavy (non-hydrogen) atoms. The first kappa shape index (κ1) is 11.3. The fourth-order valence-corrected chi connectivity index (χ4v) is 2.11. The highest BCUT2D eigenvalue weighted by Gasteiger charge is 2.24. The maximum absolute atomic E-state index is 5.56. The second-order valence-electron chi connectivity index (χ2n) is 4.53. The Balaban J connectivity index is 2.14. The molecule has 0 radical (unpaired) electrons. The van der Waals surface area contributed by atoms with Crippen molar-refractivity contribution in [1.29, 1.82) is 0 Å². The van der Waals surface area contributed by atoms with Crippen LogP contribution in [0.25, 0.3) is 0 Å². The van der Waals surface area contributed by atoms with Crippen LogP contribution in [-0.4, -0.2) is 32.8 Å². The van der Waals surface area contributed by atoms with Crippen molar-refractivity contribution in [2.24, 2.45) is 0 Å². The van der Waals surface area contributed by atoms with Crippen molar-refractivity contribution in [3.8, 4) is 0 Å². The van der Waals surface area contributed by atoms with Gasteiger partial charge in [0.05, 0.1) is 23.5 Å². The normalized spacial score (nSPS) is 24.4. The summed E-state index contributed by atoms with van der Waals surface area (Å²) in [6.45, 7) is 2.99. The van der Waals surface area contributed by atoms with Crippen molar-refractivity contribution < 1.29 is 4.74 Å². The second-order valence-corrected chi connectivity index (χ2v) is 4.53. The van der Waals surface area contributed by atoms with Crippen LogP contribution in [0.1, 0.15) is 13.3 Å². The molecule has 0 aliphatic carbocycles. The van der Waals surface area contributed by atoms with Gasteiger partial charge in [-0.25, -0.2) is 0 Å². The van der Waals surface area contributed by atoms with Crippen LogP contribution in [0.5, 0.6) is 0 Å². The molecule has 1 N–H and O–H groups in total. The van der Waals surface area contributed by atoms with Crippen LogP contribution < -0.4 is 10.2 Å². The van der Waals surface area contributed by atoms with Crippen LogP contribution >= 0.6 is 0 Å². The minimum atomic E-state index is 0.301.